The minimum Gasteiger partial charge on any atom is -0.329 e. The molecule has 0 aromatic heterocycles. The average molecular weight is 408 g/mol. The molecule has 1 fully saturated rings. The Kier molecular flexibility index (Phi) is 6.71. The van der Waals surface area contributed by atoms with Gasteiger partial charge in [-0.3, -0.25) is 19.9 Å². The number of nitrogens with zero attached hydrogens (tertiary/aromatic N) is 2. The van der Waals surface area contributed by atoms with Crippen LogP contribution in [0.15, 0.2) is 42.5 Å². The van der Waals surface area contributed by atoms with E-state index in [9.17, 15) is 22.8 Å². The Morgan fingerprint density at radius 2 is 1.59 bits per heavy atom. The van der Waals surface area contributed by atoms with Crippen LogP contribution in [0.3, 0.4) is 0 Å². The van der Waals surface area contributed by atoms with Crippen LogP contribution in [0.5, 0.6) is 0 Å². The van der Waals surface area contributed by atoms with Crippen molar-refractivity contribution in [3.8, 4) is 0 Å². The van der Waals surface area contributed by atoms with Gasteiger partial charge < -0.3 is 5.32 Å². The van der Waals surface area contributed by atoms with Crippen LogP contribution >= 0.6 is 0 Å². The van der Waals surface area contributed by atoms with Gasteiger partial charge in [0.2, 0.25) is 5.91 Å². The number of amides is 3. The maximum atomic E-state index is 12.1. The Labute approximate surface area is 166 Å². The van der Waals surface area contributed by atoms with Crippen molar-refractivity contribution in [3.63, 3.8) is 0 Å². The maximum absolute atomic E-state index is 12.1. The summed E-state index contributed by atoms with van der Waals surface area (Å²) in [5, 5.41) is 5.97. The molecule has 2 aromatic rings. The summed E-state index contributed by atoms with van der Waals surface area (Å²) in [6, 6.07) is 13.3. The van der Waals surface area contributed by atoms with E-state index in [-0.39, 0.29) is 6.54 Å². The molecule has 0 atom stereocenters. The molecule has 1 aliphatic rings. The quantitative estimate of drug-likeness (QED) is 0.797. The lowest BCUT2D eigenvalue weighted by Crippen LogP contribution is -2.51. The summed E-state index contributed by atoms with van der Waals surface area (Å²) in [5.41, 5.74) is 1.25. The SMILES string of the molecule is O=C(CN1CCN(Cc2cccc3ccccc23)CC1)NC(=O)NCC(F)(F)F. The van der Waals surface area contributed by atoms with E-state index in [2.05, 4.69) is 29.2 Å². The number of alkyl halides is 3. The second-order valence-electron chi connectivity index (χ2n) is 7.04. The van der Waals surface area contributed by atoms with Crippen LogP contribution in [0.2, 0.25) is 0 Å². The molecule has 0 unspecified atom stereocenters. The number of benzene rings is 2. The monoisotopic (exact) mass is 408 g/mol. The summed E-state index contributed by atoms with van der Waals surface area (Å²) < 4.78 is 36.2. The molecule has 0 aliphatic carbocycles. The van der Waals surface area contributed by atoms with E-state index < -0.39 is 24.7 Å². The number of piperazine rings is 1. The zero-order chi connectivity index (χ0) is 20.9. The van der Waals surface area contributed by atoms with Gasteiger partial charge in [-0.05, 0) is 16.3 Å². The highest BCUT2D eigenvalue weighted by atomic mass is 19.4. The largest absolute Gasteiger partial charge is 0.405 e. The van der Waals surface area contributed by atoms with E-state index in [0.29, 0.717) is 13.1 Å². The molecule has 0 spiro atoms. The third-order valence-corrected chi connectivity index (χ3v) is 4.81. The number of hydrogen-bond donors (Lipinski definition) is 2. The molecular weight excluding hydrogens is 385 g/mol. The van der Waals surface area contributed by atoms with Crippen LogP contribution in [-0.4, -0.2) is 67.2 Å². The van der Waals surface area contributed by atoms with E-state index in [1.165, 1.54) is 16.3 Å². The van der Waals surface area contributed by atoms with E-state index in [0.717, 1.165) is 19.6 Å². The van der Waals surface area contributed by atoms with E-state index >= 15 is 0 Å². The van der Waals surface area contributed by atoms with Crippen LogP contribution in [0.4, 0.5) is 18.0 Å². The standard InChI is InChI=1S/C20H23F3N4O2/c21-20(22,23)14-24-19(29)25-18(28)13-27-10-8-26(9-11-27)12-16-6-3-5-15-4-1-2-7-17(15)16/h1-7H,8-14H2,(H2,24,25,28,29). The van der Waals surface area contributed by atoms with Crippen molar-refractivity contribution < 1.29 is 22.8 Å². The predicted molar refractivity (Wildman–Crippen MR) is 103 cm³/mol. The number of urea groups is 1. The number of halogens is 3. The third-order valence-electron chi connectivity index (χ3n) is 4.81. The van der Waals surface area contributed by atoms with Gasteiger partial charge in [0, 0.05) is 32.7 Å². The highest BCUT2D eigenvalue weighted by molar-refractivity contribution is 5.95. The number of carbonyl (C=O) groups excluding carboxylic acids is 2. The van der Waals surface area contributed by atoms with Crippen molar-refractivity contribution in [2.24, 2.45) is 0 Å². The number of nitrogens with one attached hydrogen (secondary N) is 2. The van der Waals surface area contributed by atoms with Crippen molar-refractivity contribution in [2.45, 2.75) is 12.7 Å². The summed E-state index contributed by atoms with van der Waals surface area (Å²) in [4.78, 5) is 27.4. The Morgan fingerprint density at radius 1 is 0.931 bits per heavy atom. The summed E-state index contributed by atoms with van der Waals surface area (Å²) in [5.74, 6) is -0.618. The van der Waals surface area contributed by atoms with Gasteiger partial charge in [0.05, 0.1) is 6.54 Å². The fraction of sp³-hybridized carbons (Fsp3) is 0.400. The lowest BCUT2D eigenvalue weighted by molar-refractivity contribution is -0.125. The van der Waals surface area contributed by atoms with Gasteiger partial charge in [-0.2, -0.15) is 13.2 Å². The molecule has 0 saturated carbocycles. The molecule has 3 amide bonds. The van der Waals surface area contributed by atoms with Crippen LogP contribution in [0.25, 0.3) is 10.8 Å². The average Bonchev–Trinajstić information content (AvgIpc) is 2.68. The minimum atomic E-state index is -4.51. The van der Waals surface area contributed by atoms with Crippen molar-refractivity contribution in [3.05, 3.63) is 48.0 Å². The fourth-order valence-electron chi connectivity index (χ4n) is 3.37. The van der Waals surface area contributed by atoms with Gasteiger partial charge in [0.25, 0.3) is 0 Å². The third kappa shape index (κ3) is 6.43. The van der Waals surface area contributed by atoms with Gasteiger partial charge in [0.1, 0.15) is 6.54 Å². The Balaban J connectivity index is 1.43. The van der Waals surface area contributed by atoms with Crippen molar-refractivity contribution in [2.75, 3.05) is 39.3 Å². The highest BCUT2D eigenvalue weighted by Crippen LogP contribution is 2.20. The minimum absolute atomic E-state index is 0.0262. The molecule has 2 N–H and O–H groups in total. The van der Waals surface area contributed by atoms with Crippen LogP contribution in [0, 0.1) is 0 Å². The molecule has 2 aromatic carbocycles. The zero-order valence-corrected chi connectivity index (χ0v) is 15.8. The highest BCUT2D eigenvalue weighted by Gasteiger charge is 2.28. The lowest BCUT2D eigenvalue weighted by atomic mass is 10.0. The number of imide groups is 1. The van der Waals surface area contributed by atoms with Gasteiger partial charge in [-0.15, -0.1) is 0 Å². The molecule has 1 saturated heterocycles. The molecule has 0 radical (unpaired) electrons. The first-order chi connectivity index (χ1) is 13.8. The van der Waals surface area contributed by atoms with Gasteiger partial charge >= 0.3 is 12.2 Å². The summed E-state index contributed by atoms with van der Waals surface area (Å²) in [6.45, 7) is 2.11. The first-order valence-electron chi connectivity index (χ1n) is 9.36. The number of fused-ring (bicyclic) bond motifs is 1. The zero-order valence-electron chi connectivity index (χ0n) is 15.8. The van der Waals surface area contributed by atoms with Gasteiger partial charge in [-0.1, -0.05) is 42.5 Å². The summed E-state index contributed by atoms with van der Waals surface area (Å²) in [7, 11) is 0. The number of carbonyl (C=O) groups is 2. The van der Waals surface area contributed by atoms with Crippen LogP contribution in [0.1, 0.15) is 5.56 Å². The molecule has 29 heavy (non-hydrogen) atoms. The van der Waals surface area contributed by atoms with Crippen LogP contribution < -0.4 is 10.6 Å². The fourth-order valence-corrected chi connectivity index (χ4v) is 3.37. The topological polar surface area (TPSA) is 64.7 Å². The Bertz CT molecular complexity index is 859. The van der Waals surface area contributed by atoms with Crippen molar-refractivity contribution >= 4 is 22.7 Å². The lowest BCUT2D eigenvalue weighted by Gasteiger charge is -2.34. The van der Waals surface area contributed by atoms with Crippen molar-refractivity contribution in [1.29, 1.82) is 0 Å². The first-order valence-corrected chi connectivity index (χ1v) is 9.36. The second-order valence-corrected chi connectivity index (χ2v) is 7.04. The molecule has 1 heterocycles. The van der Waals surface area contributed by atoms with Gasteiger partial charge in [0.15, 0.2) is 0 Å². The summed E-state index contributed by atoms with van der Waals surface area (Å²) >= 11 is 0. The van der Waals surface area contributed by atoms with E-state index in [1.54, 1.807) is 5.32 Å². The normalized spacial score (nSPS) is 16.0. The number of hydrogen-bond acceptors (Lipinski definition) is 4. The van der Waals surface area contributed by atoms with E-state index in [1.807, 2.05) is 28.4 Å². The smallest absolute Gasteiger partial charge is 0.329 e. The van der Waals surface area contributed by atoms with E-state index in [4.69, 9.17) is 0 Å². The Hall–Kier alpha value is -2.65. The molecule has 6 nitrogen and oxygen atoms in total. The molecule has 3 rings (SSSR count). The molecule has 1 aliphatic heterocycles. The summed E-state index contributed by atoms with van der Waals surface area (Å²) in [6.07, 6.45) is -4.51. The van der Waals surface area contributed by atoms with Crippen LogP contribution in [-0.2, 0) is 11.3 Å². The molecule has 9 heteroatoms. The first kappa shape index (κ1) is 21.1. The predicted octanol–water partition coefficient (Wildman–Crippen LogP) is 2.35. The maximum Gasteiger partial charge on any atom is 0.405 e. The Morgan fingerprint density at radius 3 is 2.31 bits per heavy atom. The van der Waals surface area contributed by atoms with Crippen molar-refractivity contribution in [1.82, 2.24) is 20.4 Å². The molecule has 0 bridgehead atoms. The molecule has 156 valence electrons. The number of rotatable bonds is 5. The van der Waals surface area contributed by atoms with Gasteiger partial charge in [-0.25, -0.2) is 4.79 Å². The second kappa shape index (κ2) is 9.23. The molecular formula is C20H23F3N4O2.